The topological polar surface area (TPSA) is 75.3 Å². The zero-order valence-corrected chi connectivity index (χ0v) is 12.2. The van der Waals surface area contributed by atoms with Crippen LogP contribution >= 0.6 is 15.9 Å². The van der Waals surface area contributed by atoms with E-state index in [-0.39, 0.29) is 11.3 Å². The minimum absolute atomic E-state index is 0.117. The first-order valence-electron chi connectivity index (χ1n) is 5.13. The first-order valence-corrected chi connectivity index (χ1v) is 5.92. The lowest BCUT2D eigenvalue weighted by molar-refractivity contribution is 0.365. The largest absolute Gasteiger partial charge is 0.495 e. The predicted molar refractivity (Wildman–Crippen MR) is 72.4 cm³/mol. The molecule has 1 aromatic carbocycles. The van der Waals surface area contributed by atoms with Gasteiger partial charge in [0.15, 0.2) is 11.3 Å². The van der Waals surface area contributed by atoms with Crippen molar-refractivity contribution in [1.82, 2.24) is 0 Å². The summed E-state index contributed by atoms with van der Waals surface area (Å²) in [5.41, 5.74) is 0.409. The molecule has 1 rings (SSSR count). The van der Waals surface area contributed by atoms with Crippen molar-refractivity contribution in [2.45, 2.75) is 0 Å². The monoisotopic (exact) mass is 322 g/mol. The van der Waals surface area contributed by atoms with Gasteiger partial charge in [0.2, 0.25) is 0 Å². The number of nitrogens with zero attached hydrogens (tertiary/aromatic N) is 2. The Morgan fingerprint density at radius 3 is 1.84 bits per heavy atom. The van der Waals surface area contributed by atoms with E-state index in [1.165, 1.54) is 21.3 Å². The molecule has 0 aliphatic heterocycles. The van der Waals surface area contributed by atoms with Crippen molar-refractivity contribution in [3.63, 3.8) is 0 Å². The Morgan fingerprint density at radius 1 is 1.05 bits per heavy atom. The summed E-state index contributed by atoms with van der Waals surface area (Å²) < 4.78 is 16.2. The third-order valence-electron chi connectivity index (χ3n) is 2.36. The van der Waals surface area contributed by atoms with Gasteiger partial charge in [-0.15, -0.1) is 0 Å². The molecule has 0 heterocycles. The van der Waals surface area contributed by atoms with Crippen LogP contribution in [0.25, 0.3) is 5.76 Å². The van der Waals surface area contributed by atoms with Gasteiger partial charge in [0.05, 0.1) is 21.3 Å². The molecule has 98 valence electrons. The van der Waals surface area contributed by atoms with Crippen molar-refractivity contribution in [3.8, 4) is 23.6 Å². The van der Waals surface area contributed by atoms with Crippen LogP contribution in [0.4, 0.5) is 0 Å². The Hall–Kier alpha value is -2.18. The highest BCUT2D eigenvalue weighted by atomic mass is 79.9. The molecule has 0 N–H and O–H groups in total. The second kappa shape index (κ2) is 6.67. The van der Waals surface area contributed by atoms with Crippen LogP contribution in [-0.4, -0.2) is 21.3 Å². The van der Waals surface area contributed by atoms with Gasteiger partial charge in [0.25, 0.3) is 0 Å². The van der Waals surface area contributed by atoms with Gasteiger partial charge < -0.3 is 14.2 Å². The summed E-state index contributed by atoms with van der Waals surface area (Å²) in [6.45, 7) is 0. The molecule has 5 nitrogen and oxygen atoms in total. The third kappa shape index (κ3) is 2.98. The summed E-state index contributed by atoms with van der Waals surface area (Å²) in [5.74, 6) is 1.20. The normalized spacial score (nSPS) is 8.95. The van der Waals surface area contributed by atoms with Crippen molar-refractivity contribution in [2.75, 3.05) is 21.3 Å². The molecule has 0 radical (unpaired) electrons. The molecule has 0 aliphatic carbocycles. The third-order valence-corrected chi connectivity index (χ3v) is 3.14. The molecule has 0 amide bonds. The summed E-state index contributed by atoms with van der Waals surface area (Å²) in [5, 5.41) is 17.8. The number of rotatable bonds is 4. The van der Waals surface area contributed by atoms with Gasteiger partial charge in [-0.1, -0.05) is 0 Å². The van der Waals surface area contributed by atoms with E-state index in [1.807, 2.05) is 0 Å². The zero-order valence-electron chi connectivity index (χ0n) is 10.7. The summed E-state index contributed by atoms with van der Waals surface area (Å²) in [6.07, 6.45) is 0. The molecule has 0 unspecified atom stereocenters. The number of methoxy groups -OCH3 is 3. The summed E-state index contributed by atoms with van der Waals surface area (Å²) >= 11 is 3.34. The number of nitriles is 2. The highest BCUT2D eigenvalue weighted by Gasteiger charge is 2.16. The van der Waals surface area contributed by atoms with Gasteiger partial charge in [-0.3, -0.25) is 0 Å². The Kier molecular flexibility index (Phi) is 5.23. The van der Waals surface area contributed by atoms with Crippen LogP contribution in [-0.2, 0) is 4.74 Å². The minimum atomic E-state index is -0.117. The second-order valence-electron chi connectivity index (χ2n) is 3.33. The molecular formula is C13H11BrN2O3. The summed E-state index contributed by atoms with van der Waals surface area (Å²) in [6, 6.07) is 6.89. The molecule has 1 aromatic rings. The van der Waals surface area contributed by atoms with Gasteiger partial charge in [-0.25, -0.2) is 0 Å². The molecule has 0 saturated carbocycles. The molecule has 0 aromatic heterocycles. The predicted octanol–water partition coefficient (Wildman–Crippen LogP) is 2.87. The van der Waals surface area contributed by atoms with E-state index >= 15 is 0 Å². The van der Waals surface area contributed by atoms with Crippen LogP contribution in [0.2, 0.25) is 0 Å². The number of ether oxygens (including phenoxy) is 3. The molecule has 0 atom stereocenters. The standard InChI is InChI=1S/C13H11BrN2O3/c1-17-10-4-8(5-11(18-2)12(10)14)13(19-3)9(6-15)7-16/h4-5H,1-3H3. The van der Waals surface area contributed by atoms with Crippen LogP contribution in [0.3, 0.4) is 0 Å². The van der Waals surface area contributed by atoms with Crippen LogP contribution in [0.15, 0.2) is 22.2 Å². The lowest BCUT2D eigenvalue weighted by Crippen LogP contribution is -1.96. The summed E-state index contributed by atoms with van der Waals surface area (Å²) in [4.78, 5) is 0. The van der Waals surface area contributed by atoms with Gasteiger partial charge in [-0.2, -0.15) is 10.5 Å². The van der Waals surface area contributed by atoms with Crippen molar-refractivity contribution in [1.29, 1.82) is 10.5 Å². The van der Waals surface area contributed by atoms with E-state index in [4.69, 9.17) is 24.7 Å². The molecule has 6 heteroatoms. The van der Waals surface area contributed by atoms with E-state index < -0.39 is 0 Å². The Morgan fingerprint density at radius 2 is 1.53 bits per heavy atom. The number of hydrogen-bond donors (Lipinski definition) is 0. The van der Waals surface area contributed by atoms with E-state index in [0.29, 0.717) is 21.5 Å². The van der Waals surface area contributed by atoms with E-state index in [2.05, 4.69) is 15.9 Å². The molecule has 0 bridgehead atoms. The molecule has 0 aliphatic rings. The van der Waals surface area contributed by atoms with Crippen molar-refractivity contribution in [2.24, 2.45) is 0 Å². The molecule has 0 fully saturated rings. The Balaban J connectivity index is 3.56. The maximum Gasteiger partial charge on any atom is 0.172 e. The molecule has 0 saturated heterocycles. The van der Waals surface area contributed by atoms with Gasteiger partial charge in [0, 0.05) is 5.56 Å². The van der Waals surface area contributed by atoms with Crippen molar-refractivity contribution < 1.29 is 14.2 Å². The van der Waals surface area contributed by atoms with Crippen LogP contribution < -0.4 is 9.47 Å². The number of benzene rings is 1. The summed E-state index contributed by atoms with van der Waals surface area (Å²) in [7, 11) is 4.41. The van der Waals surface area contributed by atoms with E-state index in [0.717, 1.165) is 0 Å². The van der Waals surface area contributed by atoms with Crippen LogP contribution in [0.1, 0.15) is 5.56 Å². The smallest absolute Gasteiger partial charge is 0.172 e. The number of halogens is 1. The van der Waals surface area contributed by atoms with Gasteiger partial charge in [-0.05, 0) is 28.1 Å². The molecule has 19 heavy (non-hydrogen) atoms. The van der Waals surface area contributed by atoms with Crippen molar-refractivity contribution in [3.05, 3.63) is 27.7 Å². The number of allylic oxidation sites excluding steroid dienone is 1. The second-order valence-corrected chi connectivity index (χ2v) is 4.12. The Bertz CT molecular complexity index is 556. The van der Waals surface area contributed by atoms with Crippen LogP contribution in [0, 0.1) is 22.7 Å². The van der Waals surface area contributed by atoms with E-state index in [9.17, 15) is 0 Å². The highest BCUT2D eigenvalue weighted by molar-refractivity contribution is 9.10. The van der Waals surface area contributed by atoms with E-state index in [1.54, 1.807) is 24.3 Å². The average Bonchev–Trinajstić information content (AvgIpc) is 2.45. The number of hydrogen-bond acceptors (Lipinski definition) is 5. The van der Waals surface area contributed by atoms with Crippen molar-refractivity contribution >= 4 is 21.7 Å². The minimum Gasteiger partial charge on any atom is -0.495 e. The maximum absolute atomic E-state index is 8.91. The lowest BCUT2D eigenvalue weighted by atomic mass is 10.1. The van der Waals surface area contributed by atoms with Crippen LogP contribution in [0.5, 0.6) is 11.5 Å². The fourth-order valence-electron chi connectivity index (χ4n) is 1.49. The Labute approximate surface area is 119 Å². The lowest BCUT2D eigenvalue weighted by Gasteiger charge is -2.13. The van der Waals surface area contributed by atoms with Gasteiger partial charge in [0.1, 0.15) is 28.1 Å². The fraction of sp³-hybridized carbons (Fsp3) is 0.231. The molecular weight excluding hydrogens is 312 g/mol. The first kappa shape index (κ1) is 14.9. The zero-order chi connectivity index (χ0) is 14.4. The SMILES string of the molecule is COC(=C(C#N)C#N)c1cc(OC)c(Br)c(OC)c1. The molecule has 0 spiro atoms. The maximum atomic E-state index is 8.91. The van der Waals surface area contributed by atoms with Gasteiger partial charge >= 0.3 is 0 Å². The highest BCUT2D eigenvalue weighted by Crippen LogP contribution is 2.38. The fourth-order valence-corrected chi connectivity index (χ4v) is 2.04. The average molecular weight is 323 g/mol. The quantitative estimate of drug-likeness (QED) is 0.629. The first-order chi connectivity index (χ1) is 9.12.